The van der Waals surface area contributed by atoms with Crippen molar-refractivity contribution >= 4 is 29.4 Å². The van der Waals surface area contributed by atoms with Crippen LogP contribution in [0.4, 0.5) is 11.6 Å². The number of aromatic amines is 1. The Labute approximate surface area is 185 Å². The molecule has 162 valence electrons. The number of carbonyl (C=O) groups is 3. The number of hydrogen-bond acceptors (Lipinski definition) is 4. The van der Waals surface area contributed by atoms with Gasteiger partial charge in [0, 0.05) is 36.5 Å². The van der Waals surface area contributed by atoms with Crippen molar-refractivity contribution in [2.75, 3.05) is 16.8 Å². The van der Waals surface area contributed by atoms with Gasteiger partial charge in [-0.1, -0.05) is 36.8 Å². The van der Waals surface area contributed by atoms with Crippen molar-refractivity contribution in [3.63, 3.8) is 0 Å². The molecule has 8 nitrogen and oxygen atoms in total. The minimum absolute atomic E-state index is 0.0677. The lowest BCUT2D eigenvalue weighted by Crippen LogP contribution is -2.48. The van der Waals surface area contributed by atoms with E-state index in [2.05, 4.69) is 15.3 Å². The van der Waals surface area contributed by atoms with Crippen LogP contribution >= 0.6 is 0 Å². The van der Waals surface area contributed by atoms with Gasteiger partial charge in [-0.25, -0.2) is 4.98 Å². The van der Waals surface area contributed by atoms with Gasteiger partial charge in [-0.15, -0.1) is 0 Å². The quantitative estimate of drug-likeness (QED) is 0.559. The second-order valence-electron chi connectivity index (χ2n) is 7.95. The van der Waals surface area contributed by atoms with Crippen LogP contribution in [0.5, 0.6) is 0 Å². The van der Waals surface area contributed by atoms with Gasteiger partial charge in [0.2, 0.25) is 11.9 Å². The summed E-state index contributed by atoms with van der Waals surface area (Å²) in [6, 6.07) is 14.8. The predicted molar refractivity (Wildman–Crippen MR) is 119 cm³/mol. The average molecular weight is 429 g/mol. The van der Waals surface area contributed by atoms with Crippen LogP contribution in [0.2, 0.25) is 0 Å². The molecule has 0 aliphatic carbocycles. The maximum absolute atomic E-state index is 13.3. The Hall–Kier alpha value is -3.94. The monoisotopic (exact) mass is 429 g/mol. The number of anilines is 2. The van der Waals surface area contributed by atoms with Gasteiger partial charge < -0.3 is 9.88 Å². The molecule has 0 unspecified atom stereocenters. The van der Waals surface area contributed by atoms with Crippen LogP contribution in [0.1, 0.15) is 58.1 Å². The number of imidazole rings is 1. The lowest BCUT2D eigenvalue weighted by molar-refractivity contribution is -0.116. The number of unbranched alkanes of at least 4 members (excludes halogenated alkanes) is 2. The maximum atomic E-state index is 13.3. The lowest BCUT2D eigenvalue weighted by atomic mass is 10.0. The molecule has 2 N–H and O–H groups in total. The second-order valence-corrected chi connectivity index (χ2v) is 7.95. The van der Waals surface area contributed by atoms with Gasteiger partial charge in [-0.3, -0.25) is 24.6 Å². The van der Waals surface area contributed by atoms with Crippen LogP contribution < -0.4 is 10.2 Å². The molecule has 1 aromatic heterocycles. The molecule has 0 bridgehead atoms. The van der Waals surface area contributed by atoms with Crippen molar-refractivity contribution < 1.29 is 14.4 Å². The highest BCUT2D eigenvalue weighted by atomic mass is 16.2. The van der Waals surface area contributed by atoms with E-state index in [-0.39, 0.29) is 17.7 Å². The number of hydrogen-bond donors (Lipinski definition) is 2. The maximum Gasteiger partial charge on any atom is 0.260 e. The lowest BCUT2D eigenvalue weighted by Gasteiger charge is -2.41. The standard InChI is InChI=1S/C24H23N5O3/c30-20(27-24-25-13-14-26-24)12-2-1-7-15-28-21-16-8-3-4-9-17(16)23(32)29(21)19-11-6-5-10-18(19)22(28)31/h3-6,8-11,13-14,21H,1-2,7,12,15H2,(H2,25,26,27,30)/t21-/m1/s1. The molecular weight excluding hydrogens is 406 g/mol. The van der Waals surface area contributed by atoms with Crippen LogP contribution in [0.3, 0.4) is 0 Å². The number of rotatable bonds is 7. The number of para-hydroxylation sites is 1. The summed E-state index contributed by atoms with van der Waals surface area (Å²) in [4.78, 5) is 48.9. The highest BCUT2D eigenvalue weighted by molar-refractivity contribution is 6.16. The van der Waals surface area contributed by atoms with Crippen LogP contribution in [-0.2, 0) is 4.79 Å². The van der Waals surface area contributed by atoms with Crippen molar-refractivity contribution in [2.24, 2.45) is 0 Å². The van der Waals surface area contributed by atoms with Crippen LogP contribution in [-0.4, -0.2) is 39.1 Å². The summed E-state index contributed by atoms with van der Waals surface area (Å²) >= 11 is 0. The molecule has 3 amide bonds. The normalized spacial score (nSPS) is 16.6. The Morgan fingerprint density at radius 3 is 2.56 bits per heavy atom. The highest BCUT2D eigenvalue weighted by Crippen LogP contribution is 2.45. The summed E-state index contributed by atoms with van der Waals surface area (Å²) in [6.45, 7) is 0.510. The minimum atomic E-state index is -0.427. The zero-order valence-electron chi connectivity index (χ0n) is 17.5. The Morgan fingerprint density at radius 2 is 1.75 bits per heavy atom. The third kappa shape index (κ3) is 3.43. The average Bonchev–Trinajstić information content (AvgIpc) is 3.42. The summed E-state index contributed by atoms with van der Waals surface area (Å²) in [5, 5.41) is 2.71. The van der Waals surface area contributed by atoms with E-state index in [9.17, 15) is 14.4 Å². The fraction of sp³-hybridized carbons (Fsp3) is 0.250. The van der Waals surface area contributed by atoms with Gasteiger partial charge in [0.1, 0.15) is 6.17 Å². The van der Waals surface area contributed by atoms with Gasteiger partial charge in [-0.05, 0) is 31.0 Å². The number of nitrogens with zero attached hydrogens (tertiary/aromatic N) is 3. The van der Waals surface area contributed by atoms with Gasteiger partial charge >= 0.3 is 0 Å². The summed E-state index contributed by atoms with van der Waals surface area (Å²) < 4.78 is 0. The number of fused-ring (bicyclic) bond motifs is 5. The second kappa shape index (κ2) is 8.30. The van der Waals surface area contributed by atoms with E-state index in [0.29, 0.717) is 42.1 Å². The highest BCUT2D eigenvalue weighted by Gasteiger charge is 2.47. The number of amides is 3. The molecule has 3 aromatic rings. The zero-order chi connectivity index (χ0) is 22.1. The van der Waals surface area contributed by atoms with E-state index in [0.717, 1.165) is 18.4 Å². The number of nitrogens with one attached hydrogen (secondary N) is 2. The topological polar surface area (TPSA) is 98.4 Å². The number of H-pyrrole nitrogens is 1. The largest absolute Gasteiger partial charge is 0.331 e. The van der Waals surface area contributed by atoms with Crippen molar-refractivity contribution in [1.29, 1.82) is 0 Å². The van der Waals surface area contributed by atoms with Gasteiger partial charge in [0.15, 0.2) is 0 Å². The first kappa shape index (κ1) is 20.0. The minimum Gasteiger partial charge on any atom is -0.331 e. The van der Waals surface area contributed by atoms with Gasteiger partial charge in [0.25, 0.3) is 11.8 Å². The van der Waals surface area contributed by atoms with E-state index in [1.54, 1.807) is 28.3 Å². The molecule has 0 fully saturated rings. The van der Waals surface area contributed by atoms with Crippen LogP contribution in [0, 0.1) is 0 Å². The molecule has 0 saturated carbocycles. The third-order valence-corrected chi connectivity index (χ3v) is 5.94. The summed E-state index contributed by atoms with van der Waals surface area (Å²) in [5.41, 5.74) is 2.71. The first-order valence-corrected chi connectivity index (χ1v) is 10.8. The van der Waals surface area contributed by atoms with Gasteiger partial charge in [-0.2, -0.15) is 0 Å². The van der Waals surface area contributed by atoms with E-state index < -0.39 is 6.17 Å². The van der Waals surface area contributed by atoms with Crippen LogP contribution in [0.15, 0.2) is 60.9 Å². The summed E-state index contributed by atoms with van der Waals surface area (Å²) in [6.07, 6.45) is 5.42. The SMILES string of the molecule is O=C(CCCCCN1C(=O)c2ccccc2N2C(=O)c3ccccc3[C@H]12)Nc1ncc[nH]1. The molecule has 0 spiro atoms. The Bertz CT molecular complexity index is 1170. The fourth-order valence-electron chi connectivity index (χ4n) is 4.47. The molecular formula is C24H23N5O3. The first-order chi connectivity index (χ1) is 15.6. The predicted octanol–water partition coefficient (Wildman–Crippen LogP) is 3.72. The fourth-order valence-corrected chi connectivity index (χ4v) is 4.47. The molecule has 2 aliphatic heterocycles. The van der Waals surface area contributed by atoms with E-state index in [4.69, 9.17) is 0 Å². The first-order valence-electron chi connectivity index (χ1n) is 10.8. The van der Waals surface area contributed by atoms with Crippen molar-refractivity contribution in [2.45, 2.75) is 31.8 Å². The van der Waals surface area contributed by atoms with Crippen LogP contribution in [0.25, 0.3) is 0 Å². The Morgan fingerprint density at radius 1 is 0.969 bits per heavy atom. The molecule has 3 heterocycles. The van der Waals surface area contributed by atoms with Crippen molar-refractivity contribution in [1.82, 2.24) is 14.9 Å². The third-order valence-electron chi connectivity index (χ3n) is 5.94. The molecule has 2 aromatic carbocycles. The van der Waals surface area contributed by atoms with E-state index in [1.807, 2.05) is 42.5 Å². The summed E-state index contributed by atoms with van der Waals surface area (Å²) in [5.74, 6) is 0.203. The number of benzene rings is 2. The molecule has 2 aliphatic rings. The van der Waals surface area contributed by atoms with Crippen molar-refractivity contribution in [3.05, 3.63) is 77.6 Å². The number of aromatic nitrogens is 2. The molecule has 0 radical (unpaired) electrons. The van der Waals surface area contributed by atoms with E-state index in [1.165, 1.54) is 0 Å². The molecule has 5 rings (SSSR count). The Kier molecular flexibility index (Phi) is 5.18. The molecule has 0 saturated heterocycles. The van der Waals surface area contributed by atoms with E-state index >= 15 is 0 Å². The Balaban J connectivity index is 1.28. The molecule has 32 heavy (non-hydrogen) atoms. The number of carbonyl (C=O) groups excluding carboxylic acids is 3. The molecule has 1 atom stereocenters. The van der Waals surface area contributed by atoms with Gasteiger partial charge in [0.05, 0.1) is 11.3 Å². The summed E-state index contributed by atoms with van der Waals surface area (Å²) in [7, 11) is 0. The van der Waals surface area contributed by atoms with Crippen molar-refractivity contribution in [3.8, 4) is 0 Å². The zero-order valence-corrected chi connectivity index (χ0v) is 17.5. The smallest absolute Gasteiger partial charge is 0.260 e. The molecule has 8 heteroatoms.